The summed E-state index contributed by atoms with van der Waals surface area (Å²) in [4.78, 5) is 4.03. The van der Waals surface area contributed by atoms with Crippen molar-refractivity contribution in [1.29, 1.82) is 5.26 Å². The standard InChI is InChI=1S/C12H13N5O/c1-7-11(8(2)17(3)16-7)18-12-10(14)4-9(5-13)6-15-12/h4,6H,14H2,1-3H3. The van der Waals surface area contributed by atoms with E-state index in [4.69, 9.17) is 15.7 Å². The maximum absolute atomic E-state index is 8.73. The van der Waals surface area contributed by atoms with Gasteiger partial charge in [-0.25, -0.2) is 4.98 Å². The first-order valence-corrected chi connectivity index (χ1v) is 5.36. The maximum Gasteiger partial charge on any atom is 0.242 e. The van der Waals surface area contributed by atoms with Crippen LogP contribution in [0.3, 0.4) is 0 Å². The van der Waals surface area contributed by atoms with Crippen molar-refractivity contribution < 1.29 is 4.74 Å². The molecule has 0 aliphatic rings. The summed E-state index contributed by atoms with van der Waals surface area (Å²) in [5.74, 6) is 0.926. The Bertz CT molecular complexity index is 639. The molecule has 0 unspecified atom stereocenters. The normalized spacial score (nSPS) is 10.1. The minimum atomic E-state index is 0.285. The number of hydrogen-bond donors (Lipinski definition) is 1. The van der Waals surface area contributed by atoms with Gasteiger partial charge < -0.3 is 10.5 Å². The molecule has 2 rings (SSSR count). The predicted molar refractivity (Wildman–Crippen MR) is 66.1 cm³/mol. The Kier molecular flexibility index (Phi) is 2.90. The van der Waals surface area contributed by atoms with E-state index in [-0.39, 0.29) is 5.88 Å². The van der Waals surface area contributed by atoms with Crippen molar-refractivity contribution in [3.8, 4) is 17.7 Å². The summed E-state index contributed by atoms with van der Waals surface area (Å²) in [5, 5.41) is 13.0. The third-order valence-corrected chi connectivity index (χ3v) is 2.65. The molecule has 0 bridgehead atoms. The van der Waals surface area contributed by atoms with Gasteiger partial charge in [-0.2, -0.15) is 10.4 Å². The van der Waals surface area contributed by atoms with Crippen molar-refractivity contribution in [2.24, 2.45) is 7.05 Å². The molecule has 0 fully saturated rings. The molecule has 2 heterocycles. The van der Waals surface area contributed by atoms with Gasteiger partial charge in [-0.1, -0.05) is 0 Å². The zero-order valence-electron chi connectivity index (χ0n) is 10.4. The first-order valence-electron chi connectivity index (χ1n) is 5.36. The molecular formula is C12H13N5O. The lowest BCUT2D eigenvalue weighted by Gasteiger charge is -2.07. The van der Waals surface area contributed by atoms with Gasteiger partial charge in [-0.05, 0) is 19.9 Å². The van der Waals surface area contributed by atoms with Crippen LogP contribution in [-0.2, 0) is 7.05 Å². The number of aryl methyl sites for hydroxylation is 2. The number of ether oxygens (including phenoxy) is 1. The largest absolute Gasteiger partial charge is 0.433 e. The third-order valence-electron chi connectivity index (χ3n) is 2.65. The van der Waals surface area contributed by atoms with Crippen molar-refractivity contribution in [2.75, 3.05) is 5.73 Å². The molecule has 2 aromatic rings. The van der Waals surface area contributed by atoms with E-state index in [1.54, 1.807) is 4.68 Å². The van der Waals surface area contributed by atoms with Crippen LogP contribution in [0.15, 0.2) is 12.3 Å². The van der Waals surface area contributed by atoms with Crippen molar-refractivity contribution in [1.82, 2.24) is 14.8 Å². The SMILES string of the molecule is Cc1nn(C)c(C)c1Oc1ncc(C#N)cc1N. The van der Waals surface area contributed by atoms with E-state index in [1.165, 1.54) is 12.3 Å². The van der Waals surface area contributed by atoms with Crippen LogP contribution in [0, 0.1) is 25.2 Å². The highest BCUT2D eigenvalue weighted by Gasteiger charge is 2.14. The molecule has 0 aliphatic heterocycles. The Morgan fingerprint density at radius 3 is 2.67 bits per heavy atom. The predicted octanol–water partition coefficient (Wildman–Crippen LogP) is 1.68. The Hall–Kier alpha value is -2.55. The molecule has 0 saturated carbocycles. The summed E-state index contributed by atoms with van der Waals surface area (Å²) in [6.45, 7) is 3.75. The van der Waals surface area contributed by atoms with E-state index in [9.17, 15) is 0 Å². The van der Waals surface area contributed by atoms with Crippen LogP contribution in [0.4, 0.5) is 5.69 Å². The van der Waals surface area contributed by atoms with E-state index in [2.05, 4.69) is 10.1 Å². The van der Waals surface area contributed by atoms with Crippen LogP contribution in [0.2, 0.25) is 0 Å². The van der Waals surface area contributed by atoms with Crippen LogP contribution in [0.1, 0.15) is 17.0 Å². The molecule has 0 amide bonds. The first-order chi connectivity index (χ1) is 8.52. The number of nitrogen functional groups attached to an aromatic ring is 1. The third kappa shape index (κ3) is 1.98. The van der Waals surface area contributed by atoms with Crippen LogP contribution < -0.4 is 10.5 Å². The highest BCUT2D eigenvalue weighted by Crippen LogP contribution is 2.30. The number of aromatic nitrogens is 3. The Labute approximate surface area is 105 Å². The number of rotatable bonds is 2. The molecule has 18 heavy (non-hydrogen) atoms. The van der Waals surface area contributed by atoms with Crippen LogP contribution in [0.25, 0.3) is 0 Å². The topological polar surface area (TPSA) is 89.8 Å². The van der Waals surface area contributed by atoms with Crippen molar-refractivity contribution in [3.05, 3.63) is 29.2 Å². The first kappa shape index (κ1) is 11.9. The Balaban J connectivity index is 2.38. The van der Waals surface area contributed by atoms with Crippen molar-refractivity contribution >= 4 is 5.69 Å². The molecule has 0 aromatic carbocycles. The Morgan fingerprint density at radius 2 is 2.17 bits per heavy atom. The minimum Gasteiger partial charge on any atom is -0.433 e. The molecule has 6 nitrogen and oxygen atoms in total. The number of pyridine rings is 1. The van der Waals surface area contributed by atoms with Crippen LogP contribution >= 0.6 is 0 Å². The molecule has 92 valence electrons. The van der Waals surface area contributed by atoms with Gasteiger partial charge in [0.15, 0.2) is 5.75 Å². The van der Waals surface area contributed by atoms with Gasteiger partial charge in [0.05, 0.1) is 16.9 Å². The van der Waals surface area contributed by atoms with Gasteiger partial charge in [0.2, 0.25) is 5.88 Å². The number of nitrogens with zero attached hydrogens (tertiary/aromatic N) is 4. The number of nitrogens with two attached hydrogens (primary N) is 1. The van der Waals surface area contributed by atoms with E-state index in [0.717, 1.165) is 11.4 Å². The number of nitriles is 1. The second kappa shape index (κ2) is 4.37. The molecule has 0 saturated heterocycles. The monoisotopic (exact) mass is 243 g/mol. The molecule has 6 heteroatoms. The second-order valence-electron chi connectivity index (χ2n) is 3.96. The summed E-state index contributed by atoms with van der Waals surface area (Å²) in [5.41, 5.74) is 8.17. The van der Waals surface area contributed by atoms with Crippen LogP contribution in [-0.4, -0.2) is 14.8 Å². The minimum absolute atomic E-state index is 0.285. The van der Waals surface area contributed by atoms with Crippen LogP contribution in [0.5, 0.6) is 11.6 Å². The lowest BCUT2D eigenvalue weighted by molar-refractivity contribution is 0.457. The highest BCUT2D eigenvalue weighted by atomic mass is 16.5. The summed E-state index contributed by atoms with van der Waals surface area (Å²) in [7, 11) is 1.84. The Morgan fingerprint density at radius 1 is 1.44 bits per heavy atom. The lowest BCUT2D eigenvalue weighted by atomic mass is 10.3. The summed E-state index contributed by atoms with van der Waals surface area (Å²) in [6, 6.07) is 3.50. The van der Waals surface area contributed by atoms with Crippen molar-refractivity contribution in [3.63, 3.8) is 0 Å². The van der Waals surface area contributed by atoms with Gasteiger partial charge in [-0.3, -0.25) is 4.68 Å². The van der Waals surface area contributed by atoms with Gasteiger partial charge in [0.25, 0.3) is 0 Å². The van der Waals surface area contributed by atoms with E-state index >= 15 is 0 Å². The van der Waals surface area contributed by atoms with E-state index in [1.807, 2.05) is 27.0 Å². The van der Waals surface area contributed by atoms with Gasteiger partial charge in [-0.15, -0.1) is 0 Å². The number of anilines is 1. The second-order valence-corrected chi connectivity index (χ2v) is 3.96. The molecule has 2 N–H and O–H groups in total. The zero-order valence-corrected chi connectivity index (χ0v) is 10.4. The van der Waals surface area contributed by atoms with Crippen molar-refractivity contribution in [2.45, 2.75) is 13.8 Å². The molecule has 0 radical (unpaired) electrons. The summed E-state index contributed by atoms with van der Waals surface area (Å²) in [6.07, 6.45) is 1.42. The molecule has 0 atom stereocenters. The average Bonchev–Trinajstić information content (AvgIpc) is 2.58. The van der Waals surface area contributed by atoms with E-state index in [0.29, 0.717) is 17.0 Å². The fourth-order valence-corrected chi connectivity index (χ4v) is 1.61. The number of hydrogen-bond acceptors (Lipinski definition) is 5. The maximum atomic E-state index is 8.73. The molecular weight excluding hydrogens is 230 g/mol. The summed E-state index contributed by atoms with van der Waals surface area (Å²) < 4.78 is 7.39. The highest BCUT2D eigenvalue weighted by molar-refractivity contribution is 5.53. The van der Waals surface area contributed by atoms with Gasteiger partial charge >= 0.3 is 0 Å². The average molecular weight is 243 g/mol. The zero-order chi connectivity index (χ0) is 13.3. The molecule has 0 spiro atoms. The fourth-order valence-electron chi connectivity index (χ4n) is 1.61. The molecule has 0 aliphatic carbocycles. The van der Waals surface area contributed by atoms with Gasteiger partial charge in [0, 0.05) is 13.2 Å². The molecule has 2 aromatic heterocycles. The lowest BCUT2D eigenvalue weighted by Crippen LogP contribution is -1.97. The fraction of sp³-hybridized carbons (Fsp3) is 0.250. The smallest absolute Gasteiger partial charge is 0.242 e. The van der Waals surface area contributed by atoms with Gasteiger partial charge in [0.1, 0.15) is 11.8 Å². The van der Waals surface area contributed by atoms with E-state index < -0.39 is 0 Å². The quantitative estimate of drug-likeness (QED) is 0.866. The summed E-state index contributed by atoms with van der Waals surface area (Å²) >= 11 is 0.